The molecule has 1 heterocycles. The van der Waals surface area contributed by atoms with Gasteiger partial charge in [-0.15, -0.1) is 0 Å². The van der Waals surface area contributed by atoms with Gasteiger partial charge in [0.25, 0.3) is 5.91 Å². The fourth-order valence-electron chi connectivity index (χ4n) is 3.59. The summed E-state index contributed by atoms with van der Waals surface area (Å²) >= 11 is 0. The number of carboxylic acid groups (broad SMARTS) is 1. The summed E-state index contributed by atoms with van der Waals surface area (Å²) in [5.74, 6) is -1.54. The molecule has 2 N–H and O–H groups in total. The molecule has 0 bridgehead atoms. The highest BCUT2D eigenvalue weighted by molar-refractivity contribution is 6.07. The maximum Gasteiger partial charge on any atom is 0.330 e. The van der Waals surface area contributed by atoms with Crippen LogP contribution in [0.3, 0.4) is 0 Å². The number of fused-ring (bicyclic) bond motifs is 1. The third kappa shape index (κ3) is 2.57. The van der Waals surface area contributed by atoms with Gasteiger partial charge in [0.15, 0.2) is 0 Å². The van der Waals surface area contributed by atoms with E-state index in [0.717, 1.165) is 5.39 Å². The molecule has 2 atom stereocenters. The van der Waals surface area contributed by atoms with Gasteiger partial charge in [0.05, 0.1) is 6.10 Å². The van der Waals surface area contributed by atoms with Gasteiger partial charge in [0.2, 0.25) is 0 Å². The van der Waals surface area contributed by atoms with Crippen molar-refractivity contribution in [2.24, 2.45) is 5.41 Å². The van der Waals surface area contributed by atoms with Crippen LogP contribution >= 0.6 is 0 Å². The van der Waals surface area contributed by atoms with Crippen LogP contribution in [0.4, 0.5) is 0 Å². The first-order valence-electron chi connectivity index (χ1n) is 8.34. The van der Waals surface area contributed by atoms with Gasteiger partial charge in [0.1, 0.15) is 11.2 Å². The topological polar surface area (TPSA) is 88.5 Å². The second-order valence-corrected chi connectivity index (χ2v) is 6.92. The Morgan fingerprint density at radius 3 is 2.68 bits per heavy atom. The number of aromatic nitrogens is 1. The average molecular weight is 342 g/mol. The number of hydrogen-bond donors (Lipinski definition) is 2. The van der Waals surface area contributed by atoms with Crippen molar-refractivity contribution in [1.82, 2.24) is 10.3 Å². The van der Waals surface area contributed by atoms with Crippen molar-refractivity contribution in [3.05, 3.63) is 42.2 Å². The van der Waals surface area contributed by atoms with E-state index in [9.17, 15) is 14.7 Å². The molecule has 0 radical (unpaired) electrons. The quantitative estimate of drug-likeness (QED) is 0.872. The molecular formula is C19H22N2O4. The normalized spacial score (nSPS) is 24.5. The Labute approximate surface area is 146 Å². The van der Waals surface area contributed by atoms with Crippen molar-refractivity contribution in [2.45, 2.75) is 38.8 Å². The SMILES string of the molecule is CCOC1CC(NC(=O)c2nccc3ccccc23)(C(=O)O)C1(C)C. The molecule has 0 aliphatic heterocycles. The highest BCUT2D eigenvalue weighted by Gasteiger charge is 2.66. The Kier molecular flexibility index (Phi) is 4.24. The van der Waals surface area contributed by atoms with Crippen LogP contribution in [0.1, 0.15) is 37.7 Å². The van der Waals surface area contributed by atoms with Crippen LogP contribution < -0.4 is 5.32 Å². The molecule has 3 rings (SSSR count). The summed E-state index contributed by atoms with van der Waals surface area (Å²) in [6.07, 6.45) is 1.58. The summed E-state index contributed by atoms with van der Waals surface area (Å²) in [7, 11) is 0. The van der Waals surface area contributed by atoms with Crippen LogP contribution in [0, 0.1) is 5.41 Å². The zero-order chi connectivity index (χ0) is 18.2. The van der Waals surface area contributed by atoms with Crippen LogP contribution in [0.2, 0.25) is 0 Å². The number of rotatable bonds is 5. The predicted octanol–water partition coefficient (Wildman–Crippen LogP) is 2.62. The highest BCUT2D eigenvalue weighted by Crippen LogP contribution is 2.51. The van der Waals surface area contributed by atoms with Gasteiger partial charge in [-0.25, -0.2) is 4.79 Å². The second-order valence-electron chi connectivity index (χ2n) is 6.92. The molecule has 6 heteroatoms. The van der Waals surface area contributed by atoms with Crippen molar-refractivity contribution in [1.29, 1.82) is 0 Å². The minimum atomic E-state index is -1.37. The largest absolute Gasteiger partial charge is 0.479 e. The molecule has 2 aromatic rings. The summed E-state index contributed by atoms with van der Waals surface area (Å²) in [6.45, 7) is 5.99. The Bertz CT molecular complexity index is 828. The van der Waals surface area contributed by atoms with E-state index in [1.807, 2.05) is 45.0 Å². The summed E-state index contributed by atoms with van der Waals surface area (Å²) in [5.41, 5.74) is -1.87. The van der Waals surface area contributed by atoms with Crippen LogP contribution in [0.15, 0.2) is 36.5 Å². The fourth-order valence-corrected chi connectivity index (χ4v) is 3.59. The minimum absolute atomic E-state index is 0.214. The maximum atomic E-state index is 12.8. The van der Waals surface area contributed by atoms with Crippen LogP contribution in [-0.4, -0.2) is 40.2 Å². The number of carbonyl (C=O) groups is 2. The molecule has 6 nitrogen and oxygen atoms in total. The van der Waals surface area contributed by atoms with Crippen LogP contribution in [0.25, 0.3) is 10.8 Å². The van der Waals surface area contributed by atoms with Gasteiger partial charge in [-0.2, -0.15) is 0 Å². The molecule has 2 unspecified atom stereocenters. The number of benzene rings is 1. The molecule has 132 valence electrons. The Morgan fingerprint density at radius 2 is 2.04 bits per heavy atom. The molecule has 0 saturated heterocycles. The number of nitrogens with zero attached hydrogens (tertiary/aromatic N) is 1. The lowest BCUT2D eigenvalue weighted by Crippen LogP contribution is -2.76. The lowest BCUT2D eigenvalue weighted by Gasteiger charge is -2.58. The summed E-state index contributed by atoms with van der Waals surface area (Å²) in [5, 5.41) is 14.1. The van der Waals surface area contributed by atoms with Gasteiger partial charge in [-0.3, -0.25) is 9.78 Å². The lowest BCUT2D eigenvalue weighted by molar-refractivity contribution is -0.190. The Morgan fingerprint density at radius 1 is 1.32 bits per heavy atom. The molecule has 1 fully saturated rings. The minimum Gasteiger partial charge on any atom is -0.479 e. The van der Waals surface area contributed by atoms with Crippen LogP contribution in [-0.2, 0) is 9.53 Å². The number of pyridine rings is 1. The Hall–Kier alpha value is -2.47. The van der Waals surface area contributed by atoms with E-state index in [0.29, 0.717) is 12.0 Å². The number of amides is 1. The monoisotopic (exact) mass is 342 g/mol. The third-order valence-corrected chi connectivity index (χ3v) is 5.35. The fraction of sp³-hybridized carbons (Fsp3) is 0.421. The predicted molar refractivity (Wildman–Crippen MR) is 93.4 cm³/mol. The van der Waals surface area contributed by atoms with Crippen molar-refractivity contribution < 1.29 is 19.4 Å². The Balaban J connectivity index is 1.94. The molecular weight excluding hydrogens is 320 g/mol. The van der Waals surface area contributed by atoms with Crippen molar-refractivity contribution in [3.63, 3.8) is 0 Å². The molecule has 1 aromatic carbocycles. The molecule has 1 aliphatic rings. The van der Waals surface area contributed by atoms with E-state index in [4.69, 9.17) is 4.74 Å². The van der Waals surface area contributed by atoms with Crippen molar-refractivity contribution in [3.8, 4) is 0 Å². The van der Waals surface area contributed by atoms with E-state index in [1.165, 1.54) is 0 Å². The average Bonchev–Trinajstić information content (AvgIpc) is 2.59. The maximum absolute atomic E-state index is 12.8. The number of carboxylic acids is 1. The molecule has 1 saturated carbocycles. The summed E-state index contributed by atoms with van der Waals surface area (Å²) in [6, 6.07) is 9.22. The summed E-state index contributed by atoms with van der Waals surface area (Å²) in [4.78, 5) is 29.0. The van der Waals surface area contributed by atoms with Gasteiger partial charge in [0, 0.05) is 30.0 Å². The molecule has 1 aromatic heterocycles. The molecule has 1 aliphatic carbocycles. The first-order valence-corrected chi connectivity index (χ1v) is 8.34. The van der Waals surface area contributed by atoms with E-state index >= 15 is 0 Å². The van der Waals surface area contributed by atoms with E-state index in [1.54, 1.807) is 12.3 Å². The second kappa shape index (κ2) is 6.11. The number of hydrogen-bond acceptors (Lipinski definition) is 4. The third-order valence-electron chi connectivity index (χ3n) is 5.35. The van der Waals surface area contributed by atoms with E-state index < -0.39 is 22.8 Å². The van der Waals surface area contributed by atoms with Gasteiger partial charge in [-0.05, 0) is 18.4 Å². The van der Waals surface area contributed by atoms with Gasteiger partial charge >= 0.3 is 5.97 Å². The van der Waals surface area contributed by atoms with Crippen LogP contribution in [0.5, 0.6) is 0 Å². The lowest BCUT2D eigenvalue weighted by atomic mass is 9.54. The molecule has 0 spiro atoms. The first kappa shape index (κ1) is 17.4. The number of ether oxygens (including phenoxy) is 1. The van der Waals surface area contributed by atoms with Gasteiger partial charge < -0.3 is 15.2 Å². The molecule has 25 heavy (non-hydrogen) atoms. The number of carbonyl (C=O) groups excluding carboxylic acids is 1. The zero-order valence-electron chi connectivity index (χ0n) is 14.6. The standard InChI is InChI=1S/C19H22N2O4/c1-4-25-14-11-19(17(23)24,18(14,2)3)21-16(22)15-13-8-6-5-7-12(13)9-10-20-15/h5-10,14H,4,11H2,1-3H3,(H,21,22)(H,23,24). The van der Waals surface area contributed by atoms with Crippen molar-refractivity contribution >= 4 is 22.6 Å². The summed E-state index contributed by atoms with van der Waals surface area (Å²) < 4.78 is 5.63. The number of aliphatic carboxylic acids is 1. The van der Waals surface area contributed by atoms with Gasteiger partial charge in [-0.1, -0.05) is 38.1 Å². The zero-order valence-corrected chi connectivity index (χ0v) is 14.6. The highest BCUT2D eigenvalue weighted by atomic mass is 16.5. The van der Waals surface area contributed by atoms with E-state index in [-0.39, 0.29) is 18.2 Å². The number of nitrogens with one attached hydrogen (secondary N) is 1. The van der Waals surface area contributed by atoms with E-state index in [2.05, 4.69) is 10.3 Å². The molecule has 1 amide bonds. The smallest absolute Gasteiger partial charge is 0.330 e. The van der Waals surface area contributed by atoms with Crippen molar-refractivity contribution in [2.75, 3.05) is 6.61 Å². The first-order chi connectivity index (χ1) is 11.8.